The van der Waals surface area contributed by atoms with Crippen LogP contribution in [0.1, 0.15) is 278 Å². The fourth-order valence-electron chi connectivity index (χ4n) is 7.60. The number of ether oxygens (including phenoxy) is 3. The molecule has 342 valence electrons. The highest BCUT2D eigenvalue weighted by atomic mass is 16.6. The molecule has 5 nitrogen and oxygen atoms in total. The summed E-state index contributed by atoms with van der Waals surface area (Å²) in [6.45, 7) is 7.82. The van der Waals surface area contributed by atoms with E-state index in [0.29, 0.717) is 26.1 Å². The van der Waals surface area contributed by atoms with E-state index in [1.807, 2.05) is 0 Å². The van der Waals surface area contributed by atoms with Crippen LogP contribution in [-0.4, -0.2) is 37.9 Å². The molecule has 0 bridgehead atoms. The van der Waals surface area contributed by atoms with Gasteiger partial charge in [0.1, 0.15) is 6.61 Å². The Balaban J connectivity index is 4.06. The molecule has 0 N–H and O–H groups in total. The second-order valence-electron chi connectivity index (χ2n) is 17.4. The van der Waals surface area contributed by atoms with E-state index in [1.165, 1.54) is 205 Å². The van der Waals surface area contributed by atoms with E-state index in [9.17, 15) is 9.59 Å². The lowest BCUT2D eigenvalue weighted by molar-refractivity contribution is -0.163. The molecule has 0 rings (SSSR count). The molecule has 1 unspecified atom stereocenters. The van der Waals surface area contributed by atoms with E-state index < -0.39 is 6.10 Å². The van der Waals surface area contributed by atoms with Crippen LogP contribution in [0.2, 0.25) is 0 Å². The molecule has 0 aliphatic rings. The molecule has 0 saturated carbocycles. The van der Waals surface area contributed by atoms with Gasteiger partial charge in [0, 0.05) is 19.4 Å². The van der Waals surface area contributed by atoms with Crippen molar-refractivity contribution in [3.05, 3.63) is 24.3 Å². The summed E-state index contributed by atoms with van der Waals surface area (Å²) in [6.07, 6.45) is 57.7. The summed E-state index contributed by atoms with van der Waals surface area (Å²) in [5, 5.41) is 0. The Labute approximate surface area is 362 Å². The third-order valence-corrected chi connectivity index (χ3v) is 11.5. The SMILES string of the molecule is CCCCC/C=C\C/C=C\CCCCCCCCCCCC(=O)OCC(COCCCCCCCCCCCCCCCCCC)OC(=O)CCCCCCCCC. The first-order valence-corrected chi connectivity index (χ1v) is 25.9. The maximum Gasteiger partial charge on any atom is 0.306 e. The monoisotopic (exact) mass is 817 g/mol. The molecule has 0 heterocycles. The molecular formula is C53H100O5. The van der Waals surface area contributed by atoms with E-state index in [2.05, 4.69) is 45.1 Å². The summed E-state index contributed by atoms with van der Waals surface area (Å²) in [7, 11) is 0. The van der Waals surface area contributed by atoms with Crippen molar-refractivity contribution in [2.75, 3.05) is 19.8 Å². The number of carbonyl (C=O) groups is 2. The maximum absolute atomic E-state index is 12.7. The number of esters is 2. The predicted octanol–water partition coefficient (Wildman–Crippen LogP) is 17.2. The van der Waals surface area contributed by atoms with Crippen molar-refractivity contribution < 1.29 is 23.8 Å². The Morgan fingerprint density at radius 3 is 1.17 bits per heavy atom. The zero-order valence-electron chi connectivity index (χ0n) is 39.3. The third kappa shape index (κ3) is 47.1. The number of hydrogen-bond donors (Lipinski definition) is 0. The van der Waals surface area contributed by atoms with Gasteiger partial charge in [0.15, 0.2) is 6.10 Å². The van der Waals surface area contributed by atoms with Crippen molar-refractivity contribution in [3.8, 4) is 0 Å². The number of rotatable bonds is 48. The van der Waals surface area contributed by atoms with Gasteiger partial charge in [0.25, 0.3) is 0 Å². The molecule has 0 fully saturated rings. The van der Waals surface area contributed by atoms with E-state index in [1.54, 1.807) is 0 Å². The standard InChI is InChI=1S/C53H100O5/c1-4-7-10-13-16-18-20-22-24-26-27-28-29-31-33-35-38-40-43-46-52(54)57-50-51(58-53(55)47-44-41-37-15-12-9-6-3)49-56-48-45-42-39-36-34-32-30-25-23-21-19-17-14-11-8-5-2/h16,18,22,24,51H,4-15,17,19-21,23,25-50H2,1-3H3/b18-16-,24-22-. The summed E-state index contributed by atoms with van der Waals surface area (Å²) in [4.78, 5) is 25.2. The summed E-state index contributed by atoms with van der Waals surface area (Å²) < 4.78 is 17.3. The van der Waals surface area contributed by atoms with Crippen molar-refractivity contribution in [2.45, 2.75) is 284 Å². The number of hydrogen-bond acceptors (Lipinski definition) is 5. The van der Waals surface area contributed by atoms with Gasteiger partial charge in [-0.05, 0) is 51.4 Å². The lowest BCUT2D eigenvalue weighted by Gasteiger charge is -2.18. The zero-order chi connectivity index (χ0) is 42.1. The molecule has 0 amide bonds. The number of allylic oxidation sites excluding steroid dienone is 4. The smallest absolute Gasteiger partial charge is 0.306 e. The Bertz CT molecular complexity index is 882. The number of unbranched alkanes of at least 4 members (excludes halogenated alkanes) is 33. The van der Waals surface area contributed by atoms with Crippen LogP contribution in [0, 0.1) is 0 Å². The first-order valence-electron chi connectivity index (χ1n) is 25.9. The molecule has 0 aliphatic carbocycles. The molecule has 1 atom stereocenters. The van der Waals surface area contributed by atoms with Crippen LogP contribution in [-0.2, 0) is 23.8 Å². The Kier molecular flexibility index (Phi) is 48.4. The number of carbonyl (C=O) groups excluding carboxylic acids is 2. The summed E-state index contributed by atoms with van der Waals surface area (Å²) in [5.74, 6) is -0.392. The fraction of sp³-hybridized carbons (Fsp3) is 0.887. The van der Waals surface area contributed by atoms with Gasteiger partial charge in [-0.15, -0.1) is 0 Å². The van der Waals surface area contributed by atoms with Gasteiger partial charge in [-0.3, -0.25) is 9.59 Å². The second-order valence-corrected chi connectivity index (χ2v) is 17.4. The zero-order valence-corrected chi connectivity index (χ0v) is 39.3. The van der Waals surface area contributed by atoms with Crippen molar-refractivity contribution in [3.63, 3.8) is 0 Å². The average Bonchev–Trinajstić information content (AvgIpc) is 3.22. The average molecular weight is 817 g/mol. The van der Waals surface area contributed by atoms with Crippen LogP contribution < -0.4 is 0 Å². The third-order valence-electron chi connectivity index (χ3n) is 11.5. The van der Waals surface area contributed by atoms with E-state index in [4.69, 9.17) is 14.2 Å². The van der Waals surface area contributed by atoms with Crippen LogP contribution in [0.25, 0.3) is 0 Å². The van der Waals surface area contributed by atoms with Gasteiger partial charge in [-0.2, -0.15) is 0 Å². The molecule has 5 heteroatoms. The first kappa shape index (κ1) is 56.4. The van der Waals surface area contributed by atoms with Gasteiger partial charge in [0.05, 0.1) is 6.61 Å². The van der Waals surface area contributed by atoms with Crippen LogP contribution in [0.15, 0.2) is 24.3 Å². The van der Waals surface area contributed by atoms with Gasteiger partial charge in [-0.1, -0.05) is 238 Å². The van der Waals surface area contributed by atoms with Crippen molar-refractivity contribution >= 4 is 11.9 Å². The highest BCUT2D eigenvalue weighted by Crippen LogP contribution is 2.16. The molecule has 0 saturated heterocycles. The fourth-order valence-corrected chi connectivity index (χ4v) is 7.60. The summed E-state index contributed by atoms with van der Waals surface area (Å²) in [5.41, 5.74) is 0. The largest absolute Gasteiger partial charge is 0.462 e. The minimum atomic E-state index is -0.527. The van der Waals surface area contributed by atoms with E-state index in [0.717, 1.165) is 38.5 Å². The van der Waals surface area contributed by atoms with Crippen LogP contribution >= 0.6 is 0 Å². The van der Waals surface area contributed by atoms with E-state index >= 15 is 0 Å². The predicted molar refractivity (Wildman–Crippen MR) is 252 cm³/mol. The maximum atomic E-state index is 12.7. The van der Waals surface area contributed by atoms with Crippen LogP contribution in [0.4, 0.5) is 0 Å². The van der Waals surface area contributed by atoms with Crippen LogP contribution in [0.3, 0.4) is 0 Å². The Hall–Kier alpha value is -1.62. The van der Waals surface area contributed by atoms with Crippen molar-refractivity contribution in [2.24, 2.45) is 0 Å². The normalized spacial score (nSPS) is 12.3. The molecule has 0 aliphatic heterocycles. The van der Waals surface area contributed by atoms with Crippen LogP contribution in [0.5, 0.6) is 0 Å². The molecule has 0 radical (unpaired) electrons. The Morgan fingerprint density at radius 1 is 0.379 bits per heavy atom. The summed E-state index contributed by atoms with van der Waals surface area (Å²) in [6, 6.07) is 0. The lowest BCUT2D eigenvalue weighted by Crippen LogP contribution is -2.30. The first-order chi connectivity index (χ1) is 28.6. The van der Waals surface area contributed by atoms with Gasteiger partial charge >= 0.3 is 11.9 Å². The highest BCUT2D eigenvalue weighted by Gasteiger charge is 2.17. The molecule has 0 spiro atoms. The second kappa shape index (κ2) is 49.7. The topological polar surface area (TPSA) is 61.8 Å². The Morgan fingerprint density at radius 2 is 0.724 bits per heavy atom. The quantitative estimate of drug-likeness (QED) is 0.0348. The molecular weight excluding hydrogens is 717 g/mol. The van der Waals surface area contributed by atoms with E-state index in [-0.39, 0.29) is 18.5 Å². The highest BCUT2D eigenvalue weighted by molar-refractivity contribution is 5.70. The molecule has 0 aromatic heterocycles. The van der Waals surface area contributed by atoms with Gasteiger partial charge in [0.2, 0.25) is 0 Å². The van der Waals surface area contributed by atoms with Gasteiger partial charge < -0.3 is 14.2 Å². The summed E-state index contributed by atoms with van der Waals surface area (Å²) >= 11 is 0. The molecule has 0 aromatic carbocycles. The molecule has 0 aromatic rings. The minimum Gasteiger partial charge on any atom is -0.462 e. The minimum absolute atomic E-state index is 0.0898. The lowest BCUT2D eigenvalue weighted by atomic mass is 10.0. The van der Waals surface area contributed by atoms with Crippen molar-refractivity contribution in [1.82, 2.24) is 0 Å². The van der Waals surface area contributed by atoms with Crippen molar-refractivity contribution in [1.29, 1.82) is 0 Å². The molecule has 58 heavy (non-hydrogen) atoms. The van der Waals surface area contributed by atoms with Gasteiger partial charge in [-0.25, -0.2) is 0 Å².